The molecule has 1 aromatic heterocycles. The van der Waals surface area contributed by atoms with Crippen LogP contribution in [0, 0.1) is 6.92 Å². The Morgan fingerprint density at radius 2 is 2.05 bits per heavy atom. The molecule has 0 saturated heterocycles. The molecule has 1 heterocycles. The molecule has 0 unspecified atom stereocenters. The van der Waals surface area contributed by atoms with E-state index >= 15 is 0 Å². The Bertz CT molecular complexity index is 405. The molecular weight excluding hydrogens is 264 g/mol. The van der Waals surface area contributed by atoms with Gasteiger partial charge >= 0.3 is 0 Å². The normalized spacial score (nSPS) is 10.8. The number of nitrogens with one attached hydrogen (secondary N) is 1. The molecule has 0 atom stereocenters. The third-order valence-electron chi connectivity index (χ3n) is 2.60. The van der Waals surface area contributed by atoms with Crippen LogP contribution in [0.2, 0.25) is 0 Å². The van der Waals surface area contributed by atoms with Gasteiger partial charge in [-0.15, -0.1) is 0 Å². The number of ether oxygens (including phenoxy) is 3. The quantitative estimate of drug-likeness (QED) is 0.285. The standard InChI is InChI=1S/C13H22N2O5/c1-10-12(13(16)15-14)8-11(20-10)9-19-5-3-4-18-7-6-17-2/h8H,3-7,9,14H2,1-2H3,(H,15,16). The number of carbonyl (C=O) groups is 1. The van der Waals surface area contributed by atoms with Crippen LogP contribution in [0.15, 0.2) is 10.5 Å². The number of methoxy groups -OCH3 is 1. The third-order valence-corrected chi connectivity index (χ3v) is 2.60. The summed E-state index contributed by atoms with van der Waals surface area (Å²) in [5, 5.41) is 0. The fraction of sp³-hybridized carbons (Fsp3) is 0.615. The highest BCUT2D eigenvalue weighted by molar-refractivity contribution is 5.94. The summed E-state index contributed by atoms with van der Waals surface area (Å²) in [5.41, 5.74) is 2.49. The Morgan fingerprint density at radius 1 is 1.30 bits per heavy atom. The highest BCUT2D eigenvalue weighted by atomic mass is 16.5. The van der Waals surface area contributed by atoms with Crippen molar-refractivity contribution >= 4 is 5.91 Å². The van der Waals surface area contributed by atoms with Crippen molar-refractivity contribution in [1.29, 1.82) is 0 Å². The molecule has 0 spiro atoms. The molecule has 7 nitrogen and oxygen atoms in total. The molecule has 0 saturated carbocycles. The van der Waals surface area contributed by atoms with Crippen LogP contribution in [0.3, 0.4) is 0 Å². The molecule has 1 aromatic rings. The maximum atomic E-state index is 11.4. The second-order valence-corrected chi connectivity index (χ2v) is 4.17. The van der Waals surface area contributed by atoms with Crippen molar-refractivity contribution in [3.05, 3.63) is 23.2 Å². The zero-order valence-corrected chi connectivity index (χ0v) is 11.9. The minimum absolute atomic E-state index is 0.316. The Morgan fingerprint density at radius 3 is 2.75 bits per heavy atom. The van der Waals surface area contributed by atoms with E-state index in [-0.39, 0.29) is 5.91 Å². The van der Waals surface area contributed by atoms with E-state index in [0.29, 0.717) is 50.1 Å². The summed E-state index contributed by atoms with van der Waals surface area (Å²) in [5.74, 6) is 5.83. The lowest BCUT2D eigenvalue weighted by atomic mass is 10.2. The molecule has 1 rings (SSSR count). The largest absolute Gasteiger partial charge is 0.463 e. The number of nitrogen functional groups attached to an aromatic ring is 1. The summed E-state index contributed by atoms with van der Waals surface area (Å²) < 4.78 is 21.0. The van der Waals surface area contributed by atoms with Crippen LogP contribution in [0.4, 0.5) is 0 Å². The zero-order valence-electron chi connectivity index (χ0n) is 11.9. The minimum Gasteiger partial charge on any atom is -0.463 e. The molecular formula is C13H22N2O5. The smallest absolute Gasteiger partial charge is 0.268 e. The molecule has 0 radical (unpaired) electrons. The van der Waals surface area contributed by atoms with E-state index < -0.39 is 0 Å². The van der Waals surface area contributed by atoms with Gasteiger partial charge in [0.05, 0.1) is 18.8 Å². The average molecular weight is 286 g/mol. The summed E-state index contributed by atoms with van der Waals surface area (Å²) in [6, 6.07) is 1.63. The predicted molar refractivity (Wildman–Crippen MR) is 72.1 cm³/mol. The topological polar surface area (TPSA) is 96.0 Å². The van der Waals surface area contributed by atoms with Crippen molar-refractivity contribution in [3.63, 3.8) is 0 Å². The van der Waals surface area contributed by atoms with E-state index in [9.17, 15) is 4.79 Å². The number of furan rings is 1. The molecule has 0 bridgehead atoms. The lowest BCUT2D eigenvalue weighted by Crippen LogP contribution is -2.30. The number of amides is 1. The number of carbonyl (C=O) groups excluding carboxylic acids is 1. The Kier molecular flexibility index (Phi) is 7.89. The van der Waals surface area contributed by atoms with Crippen molar-refractivity contribution < 1.29 is 23.4 Å². The van der Waals surface area contributed by atoms with Crippen molar-refractivity contribution in [3.8, 4) is 0 Å². The van der Waals surface area contributed by atoms with Crippen LogP contribution in [0.5, 0.6) is 0 Å². The van der Waals surface area contributed by atoms with E-state index in [1.54, 1.807) is 20.1 Å². The number of hydrazine groups is 1. The number of hydrogen-bond acceptors (Lipinski definition) is 6. The molecule has 0 aliphatic rings. The van der Waals surface area contributed by atoms with Crippen molar-refractivity contribution in [2.45, 2.75) is 20.0 Å². The van der Waals surface area contributed by atoms with Gasteiger partial charge in [0.1, 0.15) is 18.1 Å². The van der Waals surface area contributed by atoms with Crippen LogP contribution >= 0.6 is 0 Å². The lowest BCUT2D eigenvalue weighted by molar-refractivity contribution is 0.0452. The van der Waals surface area contributed by atoms with Gasteiger partial charge < -0.3 is 18.6 Å². The summed E-state index contributed by atoms with van der Waals surface area (Å²) in [6.07, 6.45) is 0.791. The number of rotatable bonds is 10. The number of nitrogens with two attached hydrogens (primary N) is 1. The second-order valence-electron chi connectivity index (χ2n) is 4.17. The van der Waals surface area contributed by atoms with Gasteiger partial charge in [-0.1, -0.05) is 0 Å². The molecule has 20 heavy (non-hydrogen) atoms. The van der Waals surface area contributed by atoms with Gasteiger partial charge in [0.2, 0.25) is 0 Å². The summed E-state index contributed by atoms with van der Waals surface area (Å²) in [4.78, 5) is 11.4. The first-order chi connectivity index (χ1) is 9.69. The summed E-state index contributed by atoms with van der Waals surface area (Å²) >= 11 is 0. The fourth-order valence-corrected chi connectivity index (χ4v) is 1.60. The van der Waals surface area contributed by atoms with E-state index in [1.807, 2.05) is 0 Å². The van der Waals surface area contributed by atoms with Crippen LogP contribution < -0.4 is 11.3 Å². The first kappa shape index (κ1) is 16.6. The van der Waals surface area contributed by atoms with Crippen molar-refractivity contribution in [2.75, 3.05) is 33.5 Å². The van der Waals surface area contributed by atoms with E-state index in [1.165, 1.54) is 0 Å². The van der Waals surface area contributed by atoms with E-state index in [2.05, 4.69) is 5.43 Å². The molecule has 7 heteroatoms. The molecule has 3 N–H and O–H groups in total. The van der Waals surface area contributed by atoms with Crippen LogP contribution in [-0.4, -0.2) is 39.4 Å². The fourth-order valence-electron chi connectivity index (χ4n) is 1.60. The SMILES string of the molecule is COCCOCCCOCc1cc(C(=O)NN)c(C)o1. The van der Waals surface area contributed by atoms with Crippen LogP contribution in [-0.2, 0) is 20.8 Å². The van der Waals surface area contributed by atoms with Gasteiger partial charge in [0, 0.05) is 20.3 Å². The molecule has 1 amide bonds. The molecule has 0 fully saturated rings. The summed E-state index contributed by atoms with van der Waals surface area (Å²) in [7, 11) is 1.64. The number of hydrogen-bond donors (Lipinski definition) is 2. The van der Waals surface area contributed by atoms with E-state index in [4.69, 9.17) is 24.5 Å². The van der Waals surface area contributed by atoms with Gasteiger partial charge in [0.15, 0.2) is 0 Å². The van der Waals surface area contributed by atoms with Crippen LogP contribution in [0.1, 0.15) is 28.3 Å². The number of aryl methyl sites for hydroxylation is 1. The Balaban J connectivity index is 2.18. The van der Waals surface area contributed by atoms with Gasteiger partial charge in [-0.25, -0.2) is 5.84 Å². The molecule has 0 aliphatic carbocycles. The van der Waals surface area contributed by atoms with Gasteiger partial charge in [0.25, 0.3) is 5.91 Å². The van der Waals surface area contributed by atoms with Gasteiger partial charge in [-0.05, 0) is 19.4 Å². The first-order valence-electron chi connectivity index (χ1n) is 6.43. The van der Waals surface area contributed by atoms with Crippen LogP contribution in [0.25, 0.3) is 0 Å². The maximum Gasteiger partial charge on any atom is 0.268 e. The maximum absolute atomic E-state index is 11.4. The Hall–Kier alpha value is -1.41. The summed E-state index contributed by atoms with van der Waals surface area (Å²) in [6.45, 7) is 4.39. The predicted octanol–water partition coefficient (Wildman–Crippen LogP) is 0.761. The molecule has 114 valence electrons. The zero-order chi connectivity index (χ0) is 14.8. The highest BCUT2D eigenvalue weighted by Crippen LogP contribution is 2.15. The lowest BCUT2D eigenvalue weighted by Gasteiger charge is -2.04. The Labute approximate surface area is 118 Å². The van der Waals surface area contributed by atoms with Gasteiger partial charge in [-0.3, -0.25) is 10.2 Å². The average Bonchev–Trinajstić information content (AvgIpc) is 2.82. The van der Waals surface area contributed by atoms with Gasteiger partial charge in [-0.2, -0.15) is 0 Å². The second kappa shape index (κ2) is 9.49. The first-order valence-corrected chi connectivity index (χ1v) is 6.43. The third kappa shape index (κ3) is 5.70. The minimum atomic E-state index is -0.371. The van der Waals surface area contributed by atoms with E-state index in [0.717, 1.165) is 6.42 Å². The molecule has 0 aromatic carbocycles. The van der Waals surface area contributed by atoms with Crippen molar-refractivity contribution in [1.82, 2.24) is 5.43 Å². The van der Waals surface area contributed by atoms with Crippen molar-refractivity contribution in [2.24, 2.45) is 5.84 Å². The molecule has 0 aliphatic heterocycles. The highest BCUT2D eigenvalue weighted by Gasteiger charge is 2.13. The monoisotopic (exact) mass is 286 g/mol.